The van der Waals surface area contributed by atoms with Crippen molar-refractivity contribution < 1.29 is 19.4 Å². The van der Waals surface area contributed by atoms with Gasteiger partial charge in [-0.1, -0.05) is 0 Å². The largest absolute Gasteiger partial charge is 0.479 e. The lowest BCUT2D eigenvalue weighted by Crippen LogP contribution is -2.37. The molecule has 0 bridgehead atoms. The van der Waals surface area contributed by atoms with Gasteiger partial charge in [-0.05, 0) is 12.8 Å². The second-order valence-corrected chi connectivity index (χ2v) is 3.70. The van der Waals surface area contributed by atoms with Crippen LogP contribution in [-0.4, -0.2) is 47.7 Å². The summed E-state index contributed by atoms with van der Waals surface area (Å²) < 4.78 is 5.11. The number of ether oxygens (including phenoxy) is 1. The van der Waals surface area contributed by atoms with E-state index < -0.39 is 18.2 Å². The molecule has 0 saturated carbocycles. The van der Waals surface area contributed by atoms with Crippen LogP contribution < -0.4 is 0 Å². The maximum absolute atomic E-state index is 11.7. The van der Waals surface area contributed by atoms with Crippen molar-refractivity contribution in [3.63, 3.8) is 0 Å². The molecular formula is C10H14N2O4. The molecule has 0 radical (unpaired) electrons. The third-order valence-electron chi connectivity index (χ3n) is 2.51. The summed E-state index contributed by atoms with van der Waals surface area (Å²) in [6.07, 6.45) is -0.509. The van der Waals surface area contributed by atoms with Crippen LogP contribution in [0.1, 0.15) is 19.3 Å². The van der Waals surface area contributed by atoms with Crippen molar-refractivity contribution in [2.45, 2.75) is 31.5 Å². The lowest BCUT2D eigenvalue weighted by atomic mass is 10.2. The molecular weight excluding hydrogens is 212 g/mol. The van der Waals surface area contributed by atoms with Crippen LogP contribution in [0, 0.1) is 11.3 Å². The lowest BCUT2D eigenvalue weighted by Gasteiger charge is -2.19. The molecule has 0 aliphatic carbocycles. The zero-order valence-corrected chi connectivity index (χ0v) is 9.05. The fourth-order valence-corrected chi connectivity index (χ4v) is 1.57. The minimum atomic E-state index is -1.03. The Morgan fingerprint density at radius 2 is 2.12 bits per heavy atom. The smallest absolute Gasteiger partial charge is 0.332 e. The summed E-state index contributed by atoms with van der Waals surface area (Å²) in [5, 5.41) is 17.1. The number of nitrogens with zero attached hydrogens (tertiary/aromatic N) is 2. The lowest BCUT2D eigenvalue weighted by molar-refractivity contribution is -0.154. The van der Waals surface area contributed by atoms with Gasteiger partial charge in [-0.2, -0.15) is 5.26 Å². The van der Waals surface area contributed by atoms with E-state index in [0.29, 0.717) is 19.4 Å². The topological polar surface area (TPSA) is 90.6 Å². The number of likely N-dealkylation sites (N-methyl/N-ethyl adjacent to an activating group) is 1. The summed E-state index contributed by atoms with van der Waals surface area (Å²) in [5.74, 6) is -1.28. The molecule has 1 aliphatic heterocycles. The van der Waals surface area contributed by atoms with Gasteiger partial charge in [0.15, 0.2) is 6.10 Å². The first kappa shape index (κ1) is 12.5. The van der Waals surface area contributed by atoms with Crippen LogP contribution in [-0.2, 0) is 14.3 Å². The predicted octanol–water partition coefficient (Wildman–Crippen LogP) is -0.00932. The third-order valence-corrected chi connectivity index (χ3v) is 2.51. The second-order valence-electron chi connectivity index (χ2n) is 3.70. The number of hydrogen-bond donors (Lipinski definition) is 1. The highest BCUT2D eigenvalue weighted by molar-refractivity contribution is 5.82. The zero-order valence-electron chi connectivity index (χ0n) is 9.05. The molecule has 1 aliphatic rings. The minimum Gasteiger partial charge on any atom is -0.479 e. The highest BCUT2D eigenvalue weighted by Crippen LogP contribution is 2.21. The Kier molecular flexibility index (Phi) is 4.26. The quantitative estimate of drug-likeness (QED) is 0.728. The minimum absolute atomic E-state index is 0.251. The molecule has 6 heteroatoms. The number of carbonyl (C=O) groups is 2. The number of rotatable bonds is 4. The van der Waals surface area contributed by atoms with Gasteiger partial charge in [0.1, 0.15) is 6.10 Å². The molecule has 88 valence electrons. The van der Waals surface area contributed by atoms with Gasteiger partial charge in [-0.25, -0.2) is 4.79 Å². The summed E-state index contributed by atoms with van der Waals surface area (Å²) in [6, 6.07) is 1.94. The summed E-state index contributed by atoms with van der Waals surface area (Å²) in [5.41, 5.74) is 0. The van der Waals surface area contributed by atoms with Gasteiger partial charge < -0.3 is 14.7 Å². The van der Waals surface area contributed by atoms with Crippen molar-refractivity contribution in [3.8, 4) is 6.07 Å². The second kappa shape index (κ2) is 5.47. The Bertz CT molecular complexity index is 323. The average molecular weight is 226 g/mol. The van der Waals surface area contributed by atoms with Crippen molar-refractivity contribution in [2.24, 2.45) is 0 Å². The average Bonchev–Trinajstić information content (AvgIpc) is 2.74. The first-order valence-electron chi connectivity index (χ1n) is 5.06. The molecule has 6 nitrogen and oxygen atoms in total. The number of aliphatic carboxylic acids is 1. The maximum Gasteiger partial charge on any atom is 0.332 e. The summed E-state index contributed by atoms with van der Waals surface area (Å²) in [4.78, 5) is 23.7. The molecule has 0 spiro atoms. The van der Waals surface area contributed by atoms with E-state index in [9.17, 15) is 9.59 Å². The first-order valence-corrected chi connectivity index (χ1v) is 5.06. The first-order chi connectivity index (χ1) is 7.56. The van der Waals surface area contributed by atoms with E-state index in [4.69, 9.17) is 15.1 Å². The number of carbonyl (C=O) groups excluding carboxylic acids is 1. The Hall–Kier alpha value is -1.61. The van der Waals surface area contributed by atoms with E-state index >= 15 is 0 Å². The van der Waals surface area contributed by atoms with Crippen LogP contribution >= 0.6 is 0 Å². The van der Waals surface area contributed by atoms with Crippen LogP contribution in [0.5, 0.6) is 0 Å². The monoisotopic (exact) mass is 226 g/mol. The highest BCUT2D eigenvalue weighted by atomic mass is 16.5. The van der Waals surface area contributed by atoms with Crippen LogP contribution in [0.25, 0.3) is 0 Å². The Labute approximate surface area is 93.4 Å². The fourth-order valence-electron chi connectivity index (χ4n) is 1.57. The predicted molar refractivity (Wildman–Crippen MR) is 53.4 cm³/mol. The molecule has 0 aromatic carbocycles. The normalized spacial score (nSPS) is 23.8. The number of carboxylic acids is 1. The van der Waals surface area contributed by atoms with Gasteiger partial charge >= 0.3 is 5.97 Å². The molecule has 2 unspecified atom stereocenters. The van der Waals surface area contributed by atoms with Crippen molar-refractivity contribution >= 4 is 11.9 Å². The summed E-state index contributed by atoms with van der Waals surface area (Å²) >= 11 is 0. The van der Waals surface area contributed by atoms with E-state index in [2.05, 4.69) is 0 Å². The van der Waals surface area contributed by atoms with Gasteiger partial charge in [-0.15, -0.1) is 0 Å². The van der Waals surface area contributed by atoms with E-state index in [0.717, 1.165) is 0 Å². The standard InChI is InChI=1S/C10H14N2O4/c1-12(6-2-5-11)9(13)7-3-4-8(16-7)10(14)15/h7-8H,2-4,6H2,1H3,(H,14,15). The number of amides is 1. The van der Waals surface area contributed by atoms with Gasteiger partial charge in [0.2, 0.25) is 0 Å². The van der Waals surface area contributed by atoms with Gasteiger partial charge in [-0.3, -0.25) is 4.79 Å². The molecule has 0 aromatic heterocycles. The van der Waals surface area contributed by atoms with Gasteiger partial charge in [0, 0.05) is 13.6 Å². The molecule has 1 rings (SSSR count). The van der Waals surface area contributed by atoms with Crippen molar-refractivity contribution in [3.05, 3.63) is 0 Å². The SMILES string of the molecule is CN(CCC#N)C(=O)C1CCC(C(=O)O)O1. The molecule has 0 aromatic rings. The number of hydrogen-bond acceptors (Lipinski definition) is 4. The molecule has 1 amide bonds. The van der Waals surface area contributed by atoms with Crippen LogP contribution in [0.4, 0.5) is 0 Å². The molecule has 1 fully saturated rings. The van der Waals surface area contributed by atoms with Crippen molar-refractivity contribution in [1.82, 2.24) is 4.90 Å². The Morgan fingerprint density at radius 3 is 2.62 bits per heavy atom. The van der Waals surface area contributed by atoms with E-state index in [1.807, 2.05) is 6.07 Å². The van der Waals surface area contributed by atoms with Crippen molar-refractivity contribution in [1.29, 1.82) is 5.26 Å². The van der Waals surface area contributed by atoms with Gasteiger partial charge in [0.05, 0.1) is 12.5 Å². The van der Waals surface area contributed by atoms with E-state index in [1.165, 1.54) is 4.90 Å². The van der Waals surface area contributed by atoms with Gasteiger partial charge in [0.25, 0.3) is 5.91 Å². The van der Waals surface area contributed by atoms with Crippen LogP contribution in [0.3, 0.4) is 0 Å². The summed E-state index contributed by atoms with van der Waals surface area (Å²) in [6.45, 7) is 0.340. The molecule has 1 N–H and O–H groups in total. The Balaban J connectivity index is 2.44. The van der Waals surface area contributed by atoms with E-state index in [-0.39, 0.29) is 12.3 Å². The highest BCUT2D eigenvalue weighted by Gasteiger charge is 2.35. The van der Waals surface area contributed by atoms with Crippen molar-refractivity contribution in [2.75, 3.05) is 13.6 Å². The molecule has 2 atom stereocenters. The Morgan fingerprint density at radius 1 is 1.50 bits per heavy atom. The fraction of sp³-hybridized carbons (Fsp3) is 0.700. The zero-order chi connectivity index (χ0) is 12.1. The third kappa shape index (κ3) is 2.94. The molecule has 16 heavy (non-hydrogen) atoms. The molecule has 1 saturated heterocycles. The molecule has 1 heterocycles. The maximum atomic E-state index is 11.7. The summed E-state index contributed by atoms with van der Waals surface area (Å²) in [7, 11) is 1.58. The van der Waals surface area contributed by atoms with E-state index in [1.54, 1.807) is 7.05 Å². The van der Waals surface area contributed by atoms with Crippen LogP contribution in [0.2, 0.25) is 0 Å². The number of carboxylic acid groups (broad SMARTS) is 1. The van der Waals surface area contributed by atoms with Crippen LogP contribution in [0.15, 0.2) is 0 Å². The number of nitriles is 1.